The number of benzene rings is 2. The molecule has 2 aromatic rings. The molecule has 112 valence electrons. The van der Waals surface area contributed by atoms with E-state index >= 15 is 0 Å². The van der Waals surface area contributed by atoms with Crippen LogP contribution in [0.25, 0.3) is 12.2 Å². The van der Waals surface area contributed by atoms with Gasteiger partial charge < -0.3 is 10.4 Å². The molecule has 0 heterocycles. The first-order valence-electron chi connectivity index (χ1n) is 7.14. The summed E-state index contributed by atoms with van der Waals surface area (Å²) in [6.07, 6.45) is 6.90. The van der Waals surface area contributed by atoms with E-state index in [2.05, 4.69) is 36.5 Å². The molecule has 1 atom stereocenters. The number of nitrogens with one attached hydrogen (secondary N) is 1. The van der Waals surface area contributed by atoms with Crippen LogP contribution in [-0.2, 0) is 4.79 Å². The second kappa shape index (κ2) is 7.84. The molecule has 0 aliphatic heterocycles. The molecular formula is C19H19NO2. The Bertz CT molecular complexity index is 658. The molecule has 0 saturated carbocycles. The van der Waals surface area contributed by atoms with Crippen molar-refractivity contribution in [3.05, 3.63) is 77.9 Å². The Labute approximate surface area is 130 Å². The quantitative estimate of drug-likeness (QED) is 0.781. The minimum atomic E-state index is -0.943. The fraction of sp³-hybridized carbons (Fsp3) is 0.105. The average molecular weight is 293 g/mol. The molecule has 0 radical (unpaired) electrons. The Balaban J connectivity index is 1.93. The first-order valence-corrected chi connectivity index (χ1v) is 7.14. The minimum Gasteiger partial charge on any atom is -0.478 e. The number of carbonyl (C=O) groups is 1. The maximum atomic E-state index is 10.5. The van der Waals surface area contributed by atoms with E-state index in [0.717, 1.165) is 17.3 Å². The van der Waals surface area contributed by atoms with Gasteiger partial charge in [0.15, 0.2) is 0 Å². The van der Waals surface area contributed by atoms with Crippen molar-refractivity contribution >= 4 is 23.8 Å². The second-order valence-corrected chi connectivity index (χ2v) is 5.00. The summed E-state index contributed by atoms with van der Waals surface area (Å²) in [6, 6.07) is 18.0. The molecule has 22 heavy (non-hydrogen) atoms. The zero-order chi connectivity index (χ0) is 15.8. The van der Waals surface area contributed by atoms with Crippen LogP contribution in [0.3, 0.4) is 0 Å². The molecule has 0 spiro atoms. The molecule has 2 N–H and O–H groups in total. The maximum Gasteiger partial charge on any atom is 0.328 e. The van der Waals surface area contributed by atoms with Crippen LogP contribution in [-0.4, -0.2) is 17.1 Å². The smallest absolute Gasteiger partial charge is 0.328 e. The van der Waals surface area contributed by atoms with Gasteiger partial charge in [-0.3, -0.25) is 0 Å². The molecule has 0 fully saturated rings. The van der Waals surface area contributed by atoms with Gasteiger partial charge in [0.25, 0.3) is 0 Å². The second-order valence-electron chi connectivity index (χ2n) is 5.00. The number of carboxylic acids is 1. The van der Waals surface area contributed by atoms with Crippen molar-refractivity contribution in [1.82, 2.24) is 0 Å². The third-order valence-corrected chi connectivity index (χ3v) is 3.10. The third kappa shape index (κ3) is 5.29. The number of rotatable bonds is 6. The molecule has 2 aromatic carbocycles. The van der Waals surface area contributed by atoms with Gasteiger partial charge in [-0.25, -0.2) is 4.79 Å². The van der Waals surface area contributed by atoms with Crippen molar-refractivity contribution in [1.29, 1.82) is 0 Å². The molecule has 0 aliphatic carbocycles. The van der Waals surface area contributed by atoms with Gasteiger partial charge in [0.2, 0.25) is 0 Å². The topological polar surface area (TPSA) is 49.3 Å². The predicted octanol–water partition coefficient (Wildman–Crippen LogP) is 4.30. The van der Waals surface area contributed by atoms with E-state index in [9.17, 15) is 4.79 Å². The van der Waals surface area contributed by atoms with E-state index in [1.54, 1.807) is 6.08 Å². The fourth-order valence-electron chi connectivity index (χ4n) is 1.99. The summed E-state index contributed by atoms with van der Waals surface area (Å²) in [5.74, 6) is -0.943. The van der Waals surface area contributed by atoms with Crippen LogP contribution in [0.4, 0.5) is 5.69 Å². The van der Waals surface area contributed by atoms with Crippen molar-refractivity contribution in [2.24, 2.45) is 0 Å². The summed E-state index contributed by atoms with van der Waals surface area (Å²) in [5.41, 5.74) is 3.03. The SMILES string of the molecule is CC(C=Cc1ccccc1)Nc1ccc(C=CC(=O)O)cc1. The lowest BCUT2D eigenvalue weighted by Crippen LogP contribution is -2.11. The van der Waals surface area contributed by atoms with Crippen LogP contribution in [0.5, 0.6) is 0 Å². The first kappa shape index (κ1) is 15.6. The Hall–Kier alpha value is -2.81. The van der Waals surface area contributed by atoms with Crippen LogP contribution >= 0.6 is 0 Å². The van der Waals surface area contributed by atoms with Crippen LogP contribution in [0, 0.1) is 0 Å². The van der Waals surface area contributed by atoms with Gasteiger partial charge in [0.05, 0.1) is 0 Å². The Morgan fingerprint density at radius 1 is 1.00 bits per heavy atom. The van der Waals surface area contributed by atoms with Crippen LogP contribution in [0.1, 0.15) is 18.1 Å². The highest BCUT2D eigenvalue weighted by atomic mass is 16.4. The largest absolute Gasteiger partial charge is 0.478 e. The van der Waals surface area contributed by atoms with Gasteiger partial charge in [-0.15, -0.1) is 0 Å². The summed E-state index contributed by atoms with van der Waals surface area (Å²) in [5, 5.41) is 12.0. The highest BCUT2D eigenvalue weighted by Crippen LogP contribution is 2.13. The van der Waals surface area contributed by atoms with Gasteiger partial charge in [0, 0.05) is 17.8 Å². The Kier molecular flexibility index (Phi) is 5.55. The molecule has 3 nitrogen and oxygen atoms in total. The van der Waals surface area contributed by atoms with Crippen LogP contribution in [0.15, 0.2) is 66.7 Å². The van der Waals surface area contributed by atoms with Crippen molar-refractivity contribution in [2.45, 2.75) is 13.0 Å². The molecule has 0 bridgehead atoms. The van der Waals surface area contributed by atoms with Crippen molar-refractivity contribution < 1.29 is 9.90 Å². The third-order valence-electron chi connectivity index (χ3n) is 3.10. The summed E-state index contributed by atoms with van der Waals surface area (Å²) in [4.78, 5) is 10.5. The lowest BCUT2D eigenvalue weighted by Gasteiger charge is -2.11. The molecule has 0 aliphatic rings. The molecule has 2 rings (SSSR count). The average Bonchev–Trinajstić information content (AvgIpc) is 2.53. The van der Waals surface area contributed by atoms with E-state index < -0.39 is 5.97 Å². The molecule has 0 saturated heterocycles. The van der Waals surface area contributed by atoms with Crippen molar-refractivity contribution in [3.8, 4) is 0 Å². The Morgan fingerprint density at radius 3 is 2.27 bits per heavy atom. The highest BCUT2D eigenvalue weighted by molar-refractivity contribution is 5.85. The van der Waals surface area contributed by atoms with Gasteiger partial charge in [-0.1, -0.05) is 54.6 Å². The number of hydrogen-bond acceptors (Lipinski definition) is 2. The Morgan fingerprint density at radius 2 is 1.64 bits per heavy atom. The van der Waals surface area contributed by atoms with E-state index in [4.69, 9.17) is 5.11 Å². The summed E-state index contributed by atoms with van der Waals surface area (Å²) in [7, 11) is 0. The van der Waals surface area contributed by atoms with E-state index in [1.807, 2.05) is 42.5 Å². The van der Waals surface area contributed by atoms with Crippen molar-refractivity contribution in [2.75, 3.05) is 5.32 Å². The monoisotopic (exact) mass is 293 g/mol. The van der Waals surface area contributed by atoms with Gasteiger partial charge in [-0.2, -0.15) is 0 Å². The number of carboxylic acid groups (broad SMARTS) is 1. The van der Waals surface area contributed by atoms with Gasteiger partial charge in [-0.05, 0) is 36.3 Å². The van der Waals surface area contributed by atoms with Gasteiger partial charge in [0.1, 0.15) is 0 Å². The molecule has 0 aromatic heterocycles. The summed E-state index contributed by atoms with van der Waals surface area (Å²) >= 11 is 0. The number of anilines is 1. The summed E-state index contributed by atoms with van der Waals surface area (Å²) in [6.45, 7) is 2.08. The first-order chi connectivity index (χ1) is 10.6. The molecular weight excluding hydrogens is 274 g/mol. The van der Waals surface area contributed by atoms with E-state index in [0.29, 0.717) is 0 Å². The lowest BCUT2D eigenvalue weighted by molar-refractivity contribution is -0.131. The molecule has 0 amide bonds. The van der Waals surface area contributed by atoms with Crippen LogP contribution < -0.4 is 5.32 Å². The minimum absolute atomic E-state index is 0.195. The highest BCUT2D eigenvalue weighted by Gasteiger charge is 1.98. The fourth-order valence-corrected chi connectivity index (χ4v) is 1.99. The van der Waals surface area contributed by atoms with E-state index in [-0.39, 0.29) is 6.04 Å². The summed E-state index contributed by atoms with van der Waals surface area (Å²) < 4.78 is 0. The standard InChI is InChI=1S/C19H19NO2/c1-15(7-8-16-5-3-2-4-6-16)20-18-12-9-17(10-13-18)11-14-19(21)22/h2-15,20H,1H3,(H,21,22). The lowest BCUT2D eigenvalue weighted by atomic mass is 10.1. The maximum absolute atomic E-state index is 10.5. The number of hydrogen-bond donors (Lipinski definition) is 2. The predicted molar refractivity (Wildman–Crippen MR) is 91.7 cm³/mol. The zero-order valence-corrected chi connectivity index (χ0v) is 12.4. The van der Waals surface area contributed by atoms with Crippen molar-refractivity contribution in [3.63, 3.8) is 0 Å². The molecule has 3 heteroatoms. The van der Waals surface area contributed by atoms with Gasteiger partial charge >= 0.3 is 5.97 Å². The zero-order valence-electron chi connectivity index (χ0n) is 12.4. The molecule has 1 unspecified atom stereocenters. The number of aliphatic carboxylic acids is 1. The van der Waals surface area contributed by atoms with E-state index in [1.165, 1.54) is 5.56 Å². The normalized spacial score (nSPS) is 12.6. The van der Waals surface area contributed by atoms with Crippen LogP contribution in [0.2, 0.25) is 0 Å².